The van der Waals surface area contributed by atoms with E-state index in [4.69, 9.17) is 14.0 Å². The van der Waals surface area contributed by atoms with E-state index in [0.717, 1.165) is 0 Å². The molecule has 6 nitrogen and oxygen atoms in total. The van der Waals surface area contributed by atoms with Crippen molar-refractivity contribution in [3.63, 3.8) is 0 Å². The number of carbonyl (C=O) groups is 1. The van der Waals surface area contributed by atoms with Crippen LogP contribution in [0.1, 0.15) is 70.8 Å². The molecule has 0 radical (unpaired) electrons. The zero-order chi connectivity index (χ0) is 18.6. The first-order valence-electron chi connectivity index (χ1n) is 8.43. The Balaban J connectivity index is 1.86. The smallest absolute Gasteiger partial charge is 0.344 e. The van der Waals surface area contributed by atoms with Crippen LogP contribution in [0, 0.1) is 0 Å². The van der Waals surface area contributed by atoms with E-state index < -0.39 is 12.1 Å². The summed E-state index contributed by atoms with van der Waals surface area (Å²) in [4.78, 5) is 16.2. The molecule has 0 aliphatic rings. The second kappa shape index (κ2) is 7.68. The average Bonchev–Trinajstić information content (AvgIpc) is 3.03. The Morgan fingerprint density at radius 1 is 1.16 bits per heavy atom. The first-order valence-corrected chi connectivity index (χ1v) is 8.43. The number of hydrogen-bond donors (Lipinski definition) is 0. The summed E-state index contributed by atoms with van der Waals surface area (Å²) < 4.78 is 15.9. The summed E-state index contributed by atoms with van der Waals surface area (Å²) >= 11 is 0. The highest BCUT2D eigenvalue weighted by atomic mass is 16.6. The van der Waals surface area contributed by atoms with Gasteiger partial charge in [0, 0.05) is 5.41 Å². The molecule has 2 rings (SSSR count). The van der Waals surface area contributed by atoms with Gasteiger partial charge in [0.15, 0.2) is 18.5 Å². The Bertz CT molecular complexity index is 699. The zero-order valence-corrected chi connectivity index (χ0v) is 15.7. The fraction of sp³-hybridized carbons (Fsp3) is 0.526. The van der Waals surface area contributed by atoms with E-state index >= 15 is 0 Å². The fourth-order valence-electron chi connectivity index (χ4n) is 2.08. The molecule has 2 aromatic rings. The molecule has 6 heteroatoms. The number of ether oxygens (including phenoxy) is 2. The Morgan fingerprint density at radius 3 is 2.32 bits per heavy atom. The van der Waals surface area contributed by atoms with Gasteiger partial charge in [-0.2, -0.15) is 4.98 Å². The summed E-state index contributed by atoms with van der Waals surface area (Å²) in [5.41, 5.74) is 0.992. The summed E-state index contributed by atoms with van der Waals surface area (Å²) in [6, 6.07) is 7.67. The third-order valence-corrected chi connectivity index (χ3v) is 3.67. The number of hydrogen-bond acceptors (Lipinski definition) is 6. The molecule has 136 valence electrons. The zero-order valence-electron chi connectivity index (χ0n) is 15.7. The van der Waals surface area contributed by atoms with Crippen molar-refractivity contribution in [3.05, 3.63) is 41.5 Å². The quantitative estimate of drug-likeness (QED) is 0.731. The Morgan fingerprint density at radius 2 is 1.80 bits per heavy atom. The minimum Gasteiger partial charge on any atom is -0.482 e. The van der Waals surface area contributed by atoms with Gasteiger partial charge in [-0.25, -0.2) is 4.79 Å². The molecule has 0 fully saturated rings. The van der Waals surface area contributed by atoms with Gasteiger partial charge in [-0.1, -0.05) is 51.9 Å². The number of nitrogens with zero attached hydrogens (tertiary/aromatic N) is 2. The van der Waals surface area contributed by atoms with Crippen LogP contribution in [-0.4, -0.2) is 22.7 Å². The molecule has 0 amide bonds. The number of benzene rings is 1. The Kier molecular flexibility index (Phi) is 5.82. The molecular weight excluding hydrogens is 320 g/mol. The van der Waals surface area contributed by atoms with Crippen molar-refractivity contribution in [1.82, 2.24) is 10.1 Å². The normalized spacial score (nSPS) is 12.9. The van der Waals surface area contributed by atoms with Crippen LogP contribution in [-0.2, 0) is 14.9 Å². The number of aromatic nitrogens is 2. The Labute approximate surface area is 148 Å². The highest BCUT2D eigenvalue weighted by molar-refractivity contribution is 5.71. The maximum atomic E-state index is 11.9. The molecule has 1 unspecified atom stereocenters. The minimum atomic E-state index is -0.622. The van der Waals surface area contributed by atoms with Gasteiger partial charge in [0.2, 0.25) is 0 Å². The number of esters is 1. The fourth-order valence-corrected chi connectivity index (χ4v) is 2.08. The maximum Gasteiger partial charge on any atom is 0.344 e. The van der Waals surface area contributed by atoms with E-state index in [-0.39, 0.29) is 17.9 Å². The molecule has 25 heavy (non-hydrogen) atoms. The summed E-state index contributed by atoms with van der Waals surface area (Å²) in [5.74, 6) is 1.44. The van der Waals surface area contributed by atoms with Crippen LogP contribution < -0.4 is 4.74 Å². The Hall–Kier alpha value is -2.37. The third kappa shape index (κ3) is 5.31. The number of rotatable bonds is 6. The molecule has 1 aromatic heterocycles. The highest BCUT2D eigenvalue weighted by Gasteiger charge is 2.24. The monoisotopic (exact) mass is 346 g/mol. The highest BCUT2D eigenvalue weighted by Crippen LogP contribution is 2.22. The third-order valence-electron chi connectivity index (χ3n) is 3.67. The summed E-state index contributed by atoms with van der Waals surface area (Å²) in [7, 11) is 0. The molecule has 0 bridgehead atoms. The summed E-state index contributed by atoms with van der Waals surface area (Å²) in [6.45, 7) is 11.7. The van der Waals surface area contributed by atoms with Crippen molar-refractivity contribution in [1.29, 1.82) is 0 Å². The van der Waals surface area contributed by atoms with Gasteiger partial charge in [0.05, 0.1) is 0 Å². The van der Waals surface area contributed by atoms with E-state index in [0.29, 0.717) is 17.5 Å². The molecule has 1 atom stereocenters. The van der Waals surface area contributed by atoms with Crippen molar-refractivity contribution in [2.45, 2.75) is 59.0 Å². The van der Waals surface area contributed by atoms with Gasteiger partial charge in [-0.05, 0) is 30.5 Å². The lowest BCUT2D eigenvalue weighted by molar-refractivity contribution is -0.152. The molecule has 0 aliphatic heterocycles. The standard InChI is InChI=1S/C19H26N2O4/c1-12(2)14-7-9-15(10-8-14)23-11-16(22)24-13(3)17-20-18(21-25-17)19(4,5)6/h7-10,12-13H,11H2,1-6H3. The first-order chi connectivity index (χ1) is 11.7. The molecule has 1 aromatic carbocycles. The molecule has 0 N–H and O–H groups in total. The van der Waals surface area contributed by atoms with Crippen LogP contribution in [0.2, 0.25) is 0 Å². The molecule has 0 saturated carbocycles. The van der Waals surface area contributed by atoms with Crippen LogP contribution >= 0.6 is 0 Å². The molecular formula is C19H26N2O4. The lowest BCUT2D eigenvalue weighted by Gasteiger charge is -2.12. The first kappa shape index (κ1) is 19.0. The van der Waals surface area contributed by atoms with Crippen molar-refractivity contribution in [2.24, 2.45) is 0 Å². The van der Waals surface area contributed by atoms with Gasteiger partial charge in [-0.3, -0.25) is 0 Å². The molecule has 0 spiro atoms. The summed E-state index contributed by atoms with van der Waals surface area (Å²) in [5, 5.41) is 3.92. The van der Waals surface area contributed by atoms with Crippen LogP contribution in [0.5, 0.6) is 5.75 Å². The minimum absolute atomic E-state index is 0.175. The van der Waals surface area contributed by atoms with Crippen LogP contribution in [0.15, 0.2) is 28.8 Å². The van der Waals surface area contributed by atoms with Gasteiger partial charge in [-0.15, -0.1) is 0 Å². The van der Waals surface area contributed by atoms with E-state index in [1.165, 1.54) is 5.56 Å². The van der Waals surface area contributed by atoms with E-state index in [9.17, 15) is 4.79 Å². The molecule has 0 aliphatic carbocycles. The lowest BCUT2D eigenvalue weighted by Crippen LogP contribution is -2.17. The van der Waals surface area contributed by atoms with Gasteiger partial charge < -0.3 is 14.0 Å². The van der Waals surface area contributed by atoms with Crippen molar-refractivity contribution in [3.8, 4) is 5.75 Å². The van der Waals surface area contributed by atoms with Crippen molar-refractivity contribution < 1.29 is 18.8 Å². The molecule has 0 saturated heterocycles. The average molecular weight is 346 g/mol. The van der Waals surface area contributed by atoms with E-state index in [1.54, 1.807) is 6.92 Å². The predicted molar refractivity (Wildman–Crippen MR) is 93.5 cm³/mol. The van der Waals surface area contributed by atoms with Gasteiger partial charge in [0.1, 0.15) is 5.75 Å². The SMILES string of the molecule is CC(C)c1ccc(OCC(=O)OC(C)c2nc(C(C)(C)C)no2)cc1. The molecule has 1 heterocycles. The van der Waals surface area contributed by atoms with Gasteiger partial charge >= 0.3 is 5.97 Å². The van der Waals surface area contributed by atoms with Crippen LogP contribution in [0.4, 0.5) is 0 Å². The van der Waals surface area contributed by atoms with Crippen molar-refractivity contribution >= 4 is 5.97 Å². The predicted octanol–water partition coefficient (Wildman–Crippen LogP) is 4.17. The summed E-state index contributed by atoms with van der Waals surface area (Å²) in [6.07, 6.45) is -0.622. The largest absolute Gasteiger partial charge is 0.482 e. The van der Waals surface area contributed by atoms with Gasteiger partial charge in [0.25, 0.3) is 5.89 Å². The maximum absolute atomic E-state index is 11.9. The topological polar surface area (TPSA) is 74.5 Å². The van der Waals surface area contributed by atoms with Crippen LogP contribution in [0.3, 0.4) is 0 Å². The number of carbonyl (C=O) groups excluding carboxylic acids is 1. The van der Waals surface area contributed by atoms with E-state index in [1.807, 2.05) is 45.0 Å². The lowest BCUT2D eigenvalue weighted by atomic mass is 9.96. The van der Waals surface area contributed by atoms with Crippen LogP contribution in [0.25, 0.3) is 0 Å². The van der Waals surface area contributed by atoms with Crippen molar-refractivity contribution in [2.75, 3.05) is 6.61 Å². The second-order valence-corrected chi connectivity index (χ2v) is 7.35. The van der Waals surface area contributed by atoms with E-state index in [2.05, 4.69) is 24.0 Å². The second-order valence-electron chi connectivity index (χ2n) is 7.35.